The van der Waals surface area contributed by atoms with Gasteiger partial charge in [-0.15, -0.1) is 12.4 Å². The molecule has 2 unspecified atom stereocenters. The van der Waals surface area contributed by atoms with Gasteiger partial charge in [0.25, 0.3) is 10.2 Å². The third-order valence-electron chi connectivity index (χ3n) is 2.67. The number of halogens is 1. The van der Waals surface area contributed by atoms with Gasteiger partial charge in [0.1, 0.15) is 0 Å². The molecule has 2 N–H and O–H groups in total. The second-order valence-electron chi connectivity index (χ2n) is 4.37. The van der Waals surface area contributed by atoms with E-state index in [9.17, 15) is 8.42 Å². The second-order valence-corrected chi connectivity index (χ2v) is 6.03. The Morgan fingerprint density at radius 1 is 1.38 bits per heavy atom. The maximum absolute atomic E-state index is 11.9. The second kappa shape index (κ2) is 6.16. The summed E-state index contributed by atoms with van der Waals surface area (Å²) in [5.74, 6) is 0. The van der Waals surface area contributed by atoms with E-state index in [0.29, 0.717) is 13.1 Å². The van der Waals surface area contributed by atoms with Crippen molar-refractivity contribution >= 4 is 22.6 Å². The highest BCUT2D eigenvalue weighted by Crippen LogP contribution is 2.12. The van der Waals surface area contributed by atoms with E-state index in [2.05, 4.69) is 10.0 Å². The molecular weight excluding hydrogens is 250 g/mol. The average Bonchev–Trinajstić information content (AvgIpc) is 2.07. The lowest BCUT2D eigenvalue weighted by atomic mass is 10.1. The van der Waals surface area contributed by atoms with Gasteiger partial charge in [0, 0.05) is 31.2 Å². The lowest BCUT2D eigenvalue weighted by Crippen LogP contribution is -2.59. The Hall–Kier alpha value is 0.120. The first-order valence-electron chi connectivity index (χ1n) is 5.37. The predicted octanol–water partition coefficient (Wildman–Crippen LogP) is 0.333. The van der Waals surface area contributed by atoms with Gasteiger partial charge in [-0.25, -0.2) is 0 Å². The van der Waals surface area contributed by atoms with Gasteiger partial charge in [0.15, 0.2) is 0 Å². The van der Waals surface area contributed by atoms with E-state index in [4.69, 9.17) is 0 Å². The molecule has 98 valence electrons. The van der Waals surface area contributed by atoms with Gasteiger partial charge in [-0.1, -0.05) is 0 Å². The Labute approximate surface area is 105 Å². The maximum Gasteiger partial charge on any atom is 0.280 e. The van der Waals surface area contributed by atoms with Crippen LogP contribution in [0.4, 0.5) is 0 Å². The van der Waals surface area contributed by atoms with E-state index < -0.39 is 10.2 Å². The Morgan fingerprint density at radius 2 is 1.94 bits per heavy atom. The lowest BCUT2D eigenvalue weighted by Gasteiger charge is -2.37. The monoisotopic (exact) mass is 271 g/mol. The quantitative estimate of drug-likeness (QED) is 0.778. The highest BCUT2D eigenvalue weighted by molar-refractivity contribution is 7.87. The zero-order valence-corrected chi connectivity index (χ0v) is 11.9. The van der Waals surface area contributed by atoms with Crippen molar-refractivity contribution in [2.24, 2.45) is 0 Å². The minimum atomic E-state index is -3.32. The largest absolute Gasteiger partial charge is 0.311 e. The van der Waals surface area contributed by atoms with Gasteiger partial charge in [0.2, 0.25) is 0 Å². The third-order valence-corrected chi connectivity index (χ3v) is 4.57. The molecule has 7 heteroatoms. The van der Waals surface area contributed by atoms with Crippen molar-refractivity contribution in [3.05, 3.63) is 0 Å². The number of rotatable bonds is 3. The molecule has 1 saturated heterocycles. The zero-order valence-electron chi connectivity index (χ0n) is 10.2. The summed E-state index contributed by atoms with van der Waals surface area (Å²) >= 11 is 0. The van der Waals surface area contributed by atoms with Gasteiger partial charge in [-0.05, 0) is 27.7 Å². The predicted molar refractivity (Wildman–Crippen MR) is 68.1 cm³/mol. The van der Waals surface area contributed by atoms with Crippen molar-refractivity contribution in [2.45, 2.75) is 45.8 Å². The van der Waals surface area contributed by atoms with Crippen LogP contribution in [-0.2, 0) is 10.2 Å². The van der Waals surface area contributed by atoms with Crippen molar-refractivity contribution in [1.82, 2.24) is 14.3 Å². The molecule has 2 atom stereocenters. The number of nitrogens with one attached hydrogen (secondary N) is 2. The molecule has 16 heavy (non-hydrogen) atoms. The summed E-state index contributed by atoms with van der Waals surface area (Å²) in [6.45, 7) is 8.83. The minimum absolute atomic E-state index is 0. The smallest absolute Gasteiger partial charge is 0.280 e. The van der Waals surface area contributed by atoms with E-state index in [1.165, 1.54) is 4.31 Å². The summed E-state index contributed by atoms with van der Waals surface area (Å²) in [5, 5.41) is 3.25. The summed E-state index contributed by atoms with van der Waals surface area (Å²) < 4.78 is 28.0. The molecule has 0 spiro atoms. The molecule has 1 fully saturated rings. The first kappa shape index (κ1) is 16.1. The van der Waals surface area contributed by atoms with Crippen molar-refractivity contribution in [1.29, 1.82) is 0 Å². The highest BCUT2D eigenvalue weighted by atomic mass is 35.5. The van der Waals surface area contributed by atoms with Crippen molar-refractivity contribution < 1.29 is 8.42 Å². The minimum Gasteiger partial charge on any atom is -0.311 e. The zero-order chi connectivity index (χ0) is 11.6. The van der Waals surface area contributed by atoms with Crippen LogP contribution in [0.25, 0.3) is 0 Å². The van der Waals surface area contributed by atoms with Crippen LogP contribution in [0.3, 0.4) is 0 Å². The fraction of sp³-hybridized carbons (Fsp3) is 1.00. The average molecular weight is 272 g/mol. The van der Waals surface area contributed by atoms with Crippen LogP contribution in [0.15, 0.2) is 0 Å². The normalized spacial score (nSPS) is 27.8. The molecule has 1 rings (SSSR count). The topological polar surface area (TPSA) is 61.4 Å². The van der Waals surface area contributed by atoms with Crippen LogP contribution in [0.2, 0.25) is 0 Å². The summed E-state index contributed by atoms with van der Waals surface area (Å²) in [4.78, 5) is 0. The molecular formula is C9H22ClN3O2S. The molecule has 1 aliphatic heterocycles. The molecule has 0 amide bonds. The first-order chi connectivity index (χ1) is 6.84. The molecule has 0 aromatic carbocycles. The maximum atomic E-state index is 11.9. The molecule has 1 aliphatic rings. The lowest BCUT2D eigenvalue weighted by molar-refractivity contribution is 0.229. The number of nitrogens with zero attached hydrogens (tertiary/aromatic N) is 1. The van der Waals surface area contributed by atoms with Crippen molar-refractivity contribution in [2.75, 3.05) is 13.1 Å². The summed E-state index contributed by atoms with van der Waals surface area (Å²) in [6.07, 6.45) is 0. The highest BCUT2D eigenvalue weighted by Gasteiger charge is 2.33. The van der Waals surface area contributed by atoms with Gasteiger partial charge in [-0.2, -0.15) is 17.4 Å². The van der Waals surface area contributed by atoms with E-state index in [1.807, 2.05) is 27.7 Å². The molecule has 0 radical (unpaired) electrons. The fourth-order valence-corrected chi connectivity index (χ4v) is 3.41. The Balaban J connectivity index is 0.00000225. The molecule has 0 aromatic heterocycles. The van der Waals surface area contributed by atoms with Crippen LogP contribution in [0.1, 0.15) is 27.7 Å². The number of hydrogen-bond donors (Lipinski definition) is 2. The van der Waals surface area contributed by atoms with Crippen LogP contribution in [0.5, 0.6) is 0 Å². The van der Waals surface area contributed by atoms with E-state index in [-0.39, 0.29) is 30.5 Å². The molecule has 0 aliphatic carbocycles. The summed E-state index contributed by atoms with van der Waals surface area (Å²) in [6, 6.07) is 0.130. The van der Waals surface area contributed by atoms with Gasteiger partial charge < -0.3 is 5.32 Å². The number of hydrogen-bond acceptors (Lipinski definition) is 3. The van der Waals surface area contributed by atoms with Crippen LogP contribution < -0.4 is 10.0 Å². The van der Waals surface area contributed by atoms with Crippen LogP contribution >= 0.6 is 12.4 Å². The Morgan fingerprint density at radius 3 is 2.44 bits per heavy atom. The molecule has 0 aromatic rings. The van der Waals surface area contributed by atoms with Gasteiger partial charge >= 0.3 is 0 Å². The Kier molecular flexibility index (Phi) is 6.21. The third kappa shape index (κ3) is 3.85. The van der Waals surface area contributed by atoms with Crippen LogP contribution in [0, 0.1) is 0 Å². The van der Waals surface area contributed by atoms with Gasteiger partial charge in [0.05, 0.1) is 0 Å². The SMILES string of the molecule is CC(C)NS(=O)(=O)N1CCNC(C)C1C.Cl. The summed E-state index contributed by atoms with van der Waals surface area (Å²) in [7, 11) is -3.32. The Bertz CT molecular complexity index is 308. The first-order valence-corrected chi connectivity index (χ1v) is 6.81. The van der Waals surface area contributed by atoms with Crippen molar-refractivity contribution in [3.8, 4) is 0 Å². The van der Waals surface area contributed by atoms with E-state index in [1.54, 1.807) is 0 Å². The molecule has 0 bridgehead atoms. The standard InChI is InChI=1S/C9H21N3O2S.ClH/c1-7(2)11-15(13,14)12-6-5-10-8(3)9(12)4;/h7-11H,5-6H2,1-4H3;1H. The molecule has 0 saturated carbocycles. The molecule has 1 heterocycles. The van der Waals surface area contributed by atoms with Crippen molar-refractivity contribution in [3.63, 3.8) is 0 Å². The molecule has 5 nitrogen and oxygen atoms in total. The van der Waals surface area contributed by atoms with E-state index in [0.717, 1.165) is 0 Å². The summed E-state index contributed by atoms with van der Waals surface area (Å²) in [5.41, 5.74) is 0. The fourth-order valence-electron chi connectivity index (χ4n) is 1.73. The van der Waals surface area contributed by atoms with Gasteiger partial charge in [-0.3, -0.25) is 0 Å². The van der Waals surface area contributed by atoms with Crippen LogP contribution in [-0.4, -0.2) is 43.9 Å². The van der Waals surface area contributed by atoms with E-state index >= 15 is 0 Å². The number of piperazine rings is 1.